The number of benzene rings is 1. The van der Waals surface area contributed by atoms with Crippen molar-refractivity contribution in [2.45, 2.75) is 25.9 Å². The minimum absolute atomic E-state index is 0.381. The van der Waals surface area contributed by atoms with E-state index in [4.69, 9.17) is 5.73 Å². The van der Waals surface area contributed by atoms with E-state index in [2.05, 4.69) is 14.6 Å². The molecule has 0 amide bonds. The molecular weight excluding hydrogens is 415 g/mol. The van der Waals surface area contributed by atoms with Gasteiger partial charge in [-0.25, -0.2) is 9.59 Å². The summed E-state index contributed by atoms with van der Waals surface area (Å²) in [5, 5.41) is 0. The fraction of sp³-hybridized carbons (Fsp3) is 0.381. The van der Waals surface area contributed by atoms with Gasteiger partial charge in [0, 0.05) is 18.8 Å². The van der Waals surface area contributed by atoms with Crippen LogP contribution in [0.25, 0.3) is 11.3 Å². The molecule has 0 radical (unpaired) electrons. The van der Waals surface area contributed by atoms with Gasteiger partial charge < -0.3 is 20.4 Å². The van der Waals surface area contributed by atoms with Crippen LogP contribution < -0.4 is 16.2 Å². The van der Waals surface area contributed by atoms with Gasteiger partial charge in [-0.1, -0.05) is 19.1 Å². The van der Waals surface area contributed by atoms with Crippen LogP contribution in [-0.4, -0.2) is 42.7 Å². The Morgan fingerprint density at radius 1 is 1.26 bits per heavy atom. The fourth-order valence-corrected chi connectivity index (χ4v) is 3.56. The van der Waals surface area contributed by atoms with Crippen LogP contribution in [0.3, 0.4) is 0 Å². The number of H-pyrrole nitrogens is 1. The van der Waals surface area contributed by atoms with Gasteiger partial charge in [0.25, 0.3) is 5.56 Å². The molecule has 1 aromatic heterocycles. The summed E-state index contributed by atoms with van der Waals surface area (Å²) in [6.07, 6.45) is -3.93. The predicted octanol–water partition coefficient (Wildman–Crippen LogP) is 2.64. The van der Waals surface area contributed by atoms with E-state index in [0.29, 0.717) is 35.7 Å². The van der Waals surface area contributed by atoms with E-state index in [1.165, 1.54) is 0 Å². The molecule has 1 fully saturated rings. The molecule has 0 spiro atoms. The summed E-state index contributed by atoms with van der Waals surface area (Å²) >= 11 is 0. The first-order chi connectivity index (χ1) is 14.6. The molecule has 166 valence electrons. The maximum absolute atomic E-state index is 12.3. The van der Waals surface area contributed by atoms with Crippen LogP contribution in [-0.2, 0) is 16.0 Å². The Bertz CT molecular complexity index is 1030. The minimum Gasteiger partial charge on any atom is -0.382 e. The summed E-state index contributed by atoms with van der Waals surface area (Å²) in [6, 6.07) is 8.62. The normalized spacial score (nSPS) is 16.4. The van der Waals surface area contributed by atoms with E-state index < -0.39 is 29.2 Å². The molecule has 7 nitrogen and oxygen atoms in total. The summed E-state index contributed by atoms with van der Waals surface area (Å²) in [5.74, 6) is -3.86. The Morgan fingerprint density at radius 2 is 1.94 bits per heavy atom. The molecule has 1 aliphatic heterocycles. The highest BCUT2D eigenvalue weighted by molar-refractivity contribution is 5.98. The van der Waals surface area contributed by atoms with Crippen molar-refractivity contribution in [1.29, 1.82) is 0 Å². The second kappa shape index (κ2) is 8.93. The molecule has 0 aliphatic carbocycles. The monoisotopic (exact) mass is 437 g/mol. The van der Waals surface area contributed by atoms with E-state index >= 15 is 0 Å². The van der Waals surface area contributed by atoms with Crippen LogP contribution in [0.1, 0.15) is 29.3 Å². The first-order valence-corrected chi connectivity index (χ1v) is 9.79. The number of pyridine rings is 1. The van der Waals surface area contributed by atoms with E-state index in [1.807, 2.05) is 24.3 Å². The Labute approximate surface area is 176 Å². The van der Waals surface area contributed by atoms with Crippen LogP contribution in [0, 0.1) is 5.92 Å². The molecule has 0 saturated carbocycles. The summed E-state index contributed by atoms with van der Waals surface area (Å²) in [5.41, 5.74) is 6.78. The lowest BCUT2D eigenvalue weighted by molar-refractivity contribution is -0.193. The number of hydrogen-bond acceptors (Lipinski definition) is 6. The van der Waals surface area contributed by atoms with Crippen molar-refractivity contribution in [3.63, 3.8) is 0 Å². The summed E-state index contributed by atoms with van der Waals surface area (Å²) in [4.78, 5) is 39.9. The highest BCUT2D eigenvalue weighted by atomic mass is 19.4. The fourth-order valence-electron chi connectivity index (χ4n) is 3.56. The van der Waals surface area contributed by atoms with Crippen LogP contribution in [0.5, 0.6) is 0 Å². The van der Waals surface area contributed by atoms with Gasteiger partial charge in [-0.15, -0.1) is 0 Å². The highest BCUT2D eigenvalue weighted by Crippen LogP contribution is 2.28. The molecule has 1 unspecified atom stereocenters. The van der Waals surface area contributed by atoms with Crippen LogP contribution in [0.2, 0.25) is 0 Å². The topological polar surface area (TPSA) is 105 Å². The first-order valence-electron chi connectivity index (χ1n) is 9.79. The zero-order chi connectivity index (χ0) is 22.8. The lowest BCUT2D eigenvalue weighted by Crippen LogP contribution is -2.30. The number of carbonyl (C=O) groups is 2. The van der Waals surface area contributed by atoms with Gasteiger partial charge in [0.05, 0.1) is 5.69 Å². The number of halogens is 3. The molecular formula is C21H22F3N3O4. The maximum Gasteiger partial charge on any atom is 0.491 e. The molecule has 31 heavy (non-hydrogen) atoms. The third kappa shape index (κ3) is 4.96. The van der Waals surface area contributed by atoms with Crippen molar-refractivity contribution < 1.29 is 27.5 Å². The number of carbonyl (C=O) groups excluding carboxylic acids is 2. The number of nitrogens with one attached hydrogen (secondary N) is 1. The Kier molecular flexibility index (Phi) is 6.49. The second-order valence-corrected chi connectivity index (χ2v) is 7.32. The Morgan fingerprint density at radius 3 is 2.48 bits per heavy atom. The SMILES string of the molecule is CCc1cc(C(=O)OC(=O)C(F)(F)F)c(=O)[nH]c1-c1ccc(N2CCC(CN)C2)cc1. The number of rotatable bonds is 5. The van der Waals surface area contributed by atoms with Gasteiger partial charge in [-0.05, 0) is 54.6 Å². The number of hydrogen-bond donors (Lipinski definition) is 2. The van der Waals surface area contributed by atoms with Crippen LogP contribution in [0.4, 0.5) is 18.9 Å². The third-order valence-corrected chi connectivity index (χ3v) is 5.28. The minimum atomic E-state index is -5.34. The molecule has 10 heteroatoms. The van der Waals surface area contributed by atoms with Gasteiger partial charge in [0.15, 0.2) is 0 Å². The van der Waals surface area contributed by atoms with Crippen LogP contribution in [0.15, 0.2) is 35.1 Å². The van der Waals surface area contributed by atoms with Crippen molar-refractivity contribution in [3.8, 4) is 11.3 Å². The number of esters is 2. The number of nitrogens with two attached hydrogens (primary N) is 1. The van der Waals surface area contributed by atoms with Crippen molar-refractivity contribution in [2.24, 2.45) is 11.7 Å². The number of aromatic amines is 1. The van der Waals surface area contributed by atoms with Gasteiger partial charge >= 0.3 is 18.1 Å². The second-order valence-electron chi connectivity index (χ2n) is 7.32. The lowest BCUT2D eigenvalue weighted by atomic mass is 10.0. The van der Waals surface area contributed by atoms with Crippen molar-refractivity contribution in [2.75, 3.05) is 24.5 Å². The molecule has 3 N–H and O–H groups in total. The number of aryl methyl sites for hydroxylation is 1. The Hall–Kier alpha value is -3.14. The number of alkyl halides is 3. The molecule has 1 saturated heterocycles. The molecule has 3 rings (SSSR count). The number of aromatic nitrogens is 1. The standard InChI is InChI=1S/C21H22F3N3O4/c1-2-13-9-16(19(29)31-20(30)21(22,23)24)18(28)26-17(13)14-3-5-15(6-4-14)27-8-7-12(10-25)11-27/h3-6,9,12H,2,7-8,10-11,25H2,1H3,(H,26,28). The molecule has 2 aromatic rings. The largest absolute Gasteiger partial charge is 0.491 e. The molecule has 1 aromatic carbocycles. The first kappa shape index (κ1) is 22.5. The predicted molar refractivity (Wildman–Crippen MR) is 108 cm³/mol. The Balaban J connectivity index is 1.86. The van der Waals surface area contributed by atoms with E-state index in [1.54, 1.807) is 6.92 Å². The van der Waals surface area contributed by atoms with Crippen LogP contribution >= 0.6 is 0 Å². The van der Waals surface area contributed by atoms with E-state index in [0.717, 1.165) is 31.3 Å². The highest BCUT2D eigenvalue weighted by Gasteiger charge is 2.43. The quantitative estimate of drug-likeness (QED) is 0.550. The summed E-state index contributed by atoms with van der Waals surface area (Å²) < 4.78 is 40.7. The third-order valence-electron chi connectivity index (χ3n) is 5.28. The van der Waals surface area contributed by atoms with Crippen molar-refractivity contribution >= 4 is 17.6 Å². The molecule has 1 aliphatic rings. The lowest BCUT2D eigenvalue weighted by Gasteiger charge is -2.19. The number of anilines is 1. The van der Waals surface area contributed by atoms with Gasteiger partial charge in [-0.3, -0.25) is 4.79 Å². The summed E-state index contributed by atoms with van der Waals surface area (Å²) in [6.45, 7) is 4.18. The van der Waals surface area contributed by atoms with Gasteiger partial charge in [-0.2, -0.15) is 13.2 Å². The molecule has 0 bridgehead atoms. The molecule has 2 heterocycles. The average molecular weight is 437 g/mol. The summed E-state index contributed by atoms with van der Waals surface area (Å²) in [7, 11) is 0. The molecule has 1 atom stereocenters. The van der Waals surface area contributed by atoms with Crippen molar-refractivity contribution in [3.05, 3.63) is 51.8 Å². The zero-order valence-electron chi connectivity index (χ0n) is 16.8. The van der Waals surface area contributed by atoms with E-state index in [-0.39, 0.29) is 0 Å². The average Bonchev–Trinajstić information content (AvgIpc) is 3.22. The van der Waals surface area contributed by atoms with E-state index in [9.17, 15) is 27.6 Å². The van der Waals surface area contributed by atoms with Gasteiger partial charge in [0.2, 0.25) is 0 Å². The zero-order valence-corrected chi connectivity index (χ0v) is 16.8. The number of ether oxygens (including phenoxy) is 1. The van der Waals surface area contributed by atoms with Gasteiger partial charge in [0.1, 0.15) is 5.56 Å². The smallest absolute Gasteiger partial charge is 0.382 e. The maximum atomic E-state index is 12.3. The van der Waals surface area contributed by atoms with Crippen molar-refractivity contribution in [1.82, 2.24) is 4.98 Å². The number of nitrogens with zero attached hydrogens (tertiary/aromatic N) is 1.